The number of anilines is 1. The number of benzene rings is 2. The number of hydrogen-bond acceptors (Lipinski definition) is 4. The maximum Gasteiger partial charge on any atom is 0.387 e. The second-order valence-corrected chi connectivity index (χ2v) is 7.67. The van der Waals surface area contributed by atoms with E-state index in [2.05, 4.69) is 15.4 Å². The number of hydrogen-bond donors (Lipinski definition) is 2. The number of ether oxygens (including phenoxy) is 1. The lowest BCUT2D eigenvalue weighted by Crippen LogP contribution is -2.42. The number of nitrogens with one attached hydrogen (secondary N) is 2. The molecule has 1 aliphatic heterocycles. The lowest BCUT2D eigenvalue weighted by Gasteiger charge is -2.22. The molecule has 0 unspecified atom stereocenters. The van der Waals surface area contributed by atoms with Crippen LogP contribution in [-0.2, 0) is 15.1 Å². The normalized spacial score (nSPS) is 18.4. The fourth-order valence-electron chi connectivity index (χ4n) is 3.71. The number of imide groups is 1. The predicted octanol–water partition coefficient (Wildman–Crippen LogP) is 3.62. The maximum atomic E-state index is 13.0. The van der Waals surface area contributed by atoms with Crippen molar-refractivity contribution in [2.75, 3.05) is 11.9 Å². The van der Waals surface area contributed by atoms with Gasteiger partial charge in [0, 0.05) is 5.69 Å². The SMILES string of the molecule is Cc1cc(C)c(NC(=O)CN2C(=O)N[C@](C)(c3ccc(OC(F)F)cc3)C2=O)c(C)c1. The fraction of sp³-hybridized carbons (Fsp3) is 0.318. The Hall–Kier alpha value is -3.49. The summed E-state index contributed by atoms with van der Waals surface area (Å²) in [6, 6.07) is 8.53. The fourth-order valence-corrected chi connectivity index (χ4v) is 3.71. The molecule has 31 heavy (non-hydrogen) atoms. The number of nitrogens with zero attached hydrogens (tertiary/aromatic N) is 1. The minimum absolute atomic E-state index is 0.0702. The van der Waals surface area contributed by atoms with Gasteiger partial charge in [-0.05, 0) is 56.5 Å². The Morgan fingerprint density at radius 3 is 2.26 bits per heavy atom. The van der Waals surface area contributed by atoms with E-state index in [0.29, 0.717) is 11.3 Å². The van der Waals surface area contributed by atoms with Gasteiger partial charge in [-0.1, -0.05) is 29.8 Å². The third-order valence-corrected chi connectivity index (χ3v) is 5.17. The van der Waals surface area contributed by atoms with Gasteiger partial charge >= 0.3 is 12.6 Å². The molecular weight excluding hydrogens is 408 g/mol. The van der Waals surface area contributed by atoms with Crippen LogP contribution in [0.2, 0.25) is 0 Å². The molecule has 3 rings (SSSR count). The first kappa shape index (κ1) is 22.2. The molecule has 2 aromatic rings. The molecule has 0 aliphatic carbocycles. The molecule has 0 bridgehead atoms. The van der Waals surface area contributed by atoms with Crippen molar-refractivity contribution in [3.05, 3.63) is 58.7 Å². The van der Waals surface area contributed by atoms with Gasteiger partial charge in [0.2, 0.25) is 5.91 Å². The molecule has 2 aromatic carbocycles. The van der Waals surface area contributed by atoms with Crippen LogP contribution in [-0.4, -0.2) is 35.9 Å². The molecule has 1 fully saturated rings. The quantitative estimate of drug-likeness (QED) is 0.684. The Balaban J connectivity index is 1.75. The number of halogens is 2. The second kappa shape index (κ2) is 8.33. The van der Waals surface area contributed by atoms with Crippen LogP contribution in [0.15, 0.2) is 36.4 Å². The zero-order valence-electron chi connectivity index (χ0n) is 17.6. The molecule has 1 heterocycles. The van der Waals surface area contributed by atoms with Gasteiger partial charge in [0.1, 0.15) is 17.8 Å². The molecule has 164 valence electrons. The molecule has 0 saturated carbocycles. The van der Waals surface area contributed by atoms with E-state index in [9.17, 15) is 23.2 Å². The minimum Gasteiger partial charge on any atom is -0.435 e. The summed E-state index contributed by atoms with van der Waals surface area (Å²) in [5, 5.41) is 5.34. The van der Waals surface area contributed by atoms with E-state index in [-0.39, 0.29) is 5.75 Å². The number of alkyl halides is 2. The van der Waals surface area contributed by atoms with E-state index in [0.717, 1.165) is 21.6 Å². The van der Waals surface area contributed by atoms with Crippen LogP contribution in [0.4, 0.5) is 19.3 Å². The van der Waals surface area contributed by atoms with E-state index in [1.54, 1.807) is 0 Å². The molecule has 0 aromatic heterocycles. The summed E-state index contributed by atoms with van der Waals surface area (Å²) in [4.78, 5) is 38.8. The molecule has 9 heteroatoms. The van der Waals surface area contributed by atoms with Gasteiger partial charge in [-0.25, -0.2) is 4.79 Å². The summed E-state index contributed by atoms with van der Waals surface area (Å²) in [6.07, 6.45) is 0. The number of amides is 4. The molecule has 2 N–H and O–H groups in total. The minimum atomic E-state index is -2.97. The van der Waals surface area contributed by atoms with Crippen molar-refractivity contribution in [2.24, 2.45) is 0 Å². The zero-order valence-corrected chi connectivity index (χ0v) is 17.6. The Morgan fingerprint density at radius 2 is 1.71 bits per heavy atom. The highest BCUT2D eigenvalue weighted by atomic mass is 19.3. The van der Waals surface area contributed by atoms with Gasteiger partial charge in [0.15, 0.2) is 0 Å². The topological polar surface area (TPSA) is 87.7 Å². The number of aryl methyl sites for hydroxylation is 3. The third-order valence-electron chi connectivity index (χ3n) is 5.17. The molecule has 7 nitrogen and oxygen atoms in total. The molecule has 1 aliphatic rings. The van der Waals surface area contributed by atoms with E-state index in [1.807, 2.05) is 32.9 Å². The van der Waals surface area contributed by atoms with E-state index in [1.165, 1.54) is 31.2 Å². The highest BCUT2D eigenvalue weighted by molar-refractivity contribution is 6.10. The number of rotatable bonds is 6. The van der Waals surface area contributed by atoms with E-state index < -0.39 is 36.5 Å². The van der Waals surface area contributed by atoms with Crippen LogP contribution >= 0.6 is 0 Å². The van der Waals surface area contributed by atoms with Gasteiger partial charge in [0.25, 0.3) is 5.91 Å². The third kappa shape index (κ3) is 4.50. The summed E-state index contributed by atoms with van der Waals surface area (Å²) >= 11 is 0. The van der Waals surface area contributed by atoms with Gasteiger partial charge in [-0.3, -0.25) is 14.5 Å². The number of carbonyl (C=O) groups excluding carboxylic acids is 3. The van der Waals surface area contributed by atoms with Gasteiger partial charge in [-0.2, -0.15) is 8.78 Å². The van der Waals surface area contributed by atoms with Crippen LogP contribution in [0, 0.1) is 20.8 Å². The maximum absolute atomic E-state index is 13.0. The number of urea groups is 1. The lowest BCUT2D eigenvalue weighted by atomic mass is 9.92. The Kier molecular flexibility index (Phi) is 5.97. The van der Waals surface area contributed by atoms with Crippen molar-refractivity contribution in [3.63, 3.8) is 0 Å². The van der Waals surface area contributed by atoms with E-state index >= 15 is 0 Å². The Bertz CT molecular complexity index is 1020. The van der Waals surface area contributed by atoms with Crippen LogP contribution in [0.5, 0.6) is 5.75 Å². The average Bonchev–Trinajstić information content (AvgIpc) is 2.89. The number of carbonyl (C=O) groups is 3. The largest absolute Gasteiger partial charge is 0.435 e. The highest BCUT2D eigenvalue weighted by Crippen LogP contribution is 2.30. The average molecular weight is 431 g/mol. The van der Waals surface area contributed by atoms with Crippen LogP contribution in [0.25, 0.3) is 0 Å². The molecule has 0 radical (unpaired) electrons. The van der Waals surface area contributed by atoms with Crippen molar-refractivity contribution in [3.8, 4) is 5.75 Å². The summed E-state index contributed by atoms with van der Waals surface area (Å²) in [5.41, 5.74) is 2.39. The predicted molar refractivity (Wildman–Crippen MR) is 110 cm³/mol. The van der Waals surface area contributed by atoms with Gasteiger partial charge < -0.3 is 15.4 Å². The van der Waals surface area contributed by atoms with Crippen LogP contribution < -0.4 is 15.4 Å². The Labute approximate surface area is 178 Å². The zero-order chi connectivity index (χ0) is 22.9. The standard InChI is InChI=1S/C22H23F2N3O4/c1-12-9-13(2)18(14(3)10-12)25-17(28)11-27-19(29)22(4,26-21(27)30)15-5-7-16(8-6-15)31-20(23)24/h5-10,20H,11H2,1-4H3,(H,25,28)(H,26,30)/t22-/m1/s1. The van der Waals surface area contributed by atoms with Crippen LogP contribution in [0.3, 0.4) is 0 Å². The first-order chi connectivity index (χ1) is 14.5. The van der Waals surface area contributed by atoms with Crippen molar-refractivity contribution in [1.82, 2.24) is 10.2 Å². The molecular formula is C22H23F2N3O4. The van der Waals surface area contributed by atoms with Crippen LogP contribution in [0.1, 0.15) is 29.2 Å². The molecule has 1 atom stereocenters. The van der Waals surface area contributed by atoms with E-state index in [4.69, 9.17) is 0 Å². The van der Waals surface area contributed by atoms with Crippen molar-refractivity contribution >= 4 is 23.5 Å². The smallest absolute Gasteiger partial charge is 0.387 e. The molecule has 0 spiro atoms. The summed E-state index contributed by atoms with van der Waals surface area (Å²) in [6.45, 7) is 3.74. The van der Waals surface area contributed by atoms with Crippen molar-refractivity contribution < 1.29 is 27.9 Å². The van der Waals surface area contributed by atoms with Crippen molar-refractivity contribution in [1.29, 1.82) is 0 Å². The van der Waals surface area contributed by atoms with Gasteiger partial charge in [-0.15, -0.1) is 0 Å². The summed E-state index contributed by atoms with van der Waals surface area (Å²) in [7, 11) is 0. The molecule has 4 amide bonds. The molecule has 1 saturated heterocycles. The van der Waals surface area contributed by atoms with Crippen molar-refractivity contribution in [2.45, 2.75) is 39.8 Å². The Morgan fingerprint density at radius 1 is 1.13 bits per heavy atom. The van der Waals surface area contributed by atoms with Gasteiger partial charge in [0.05, 0.1) is 0 Å². The first-order valence-electron chi connectivity index (χ1n) is 9.58. The summed E-state index contributed by atoms with van der Waals surface area (Å²) in [5.74, 6) is -1.20. The highest BCUT2D eigenvalue weighted by Gasteiger charge is 2.49. The second-order valence-electron chi connectivity index (χ2n) is 7.67. The monoisotopic (exact) mass is 431 g/mol. The lowest BCUT2D eigenvalue weighted by molar-refractivity contribution is -0.133. The first-order valence-corrected chi connectivity index (χ1v) is 9.58. The summed E-state index contributed by atoms with van der Waals surface area (Å²) < 4.78 is 29.0.